The SMILES string of the molecule is CCC(CCCl)CNCc1cncc(F)c1. The first-order valence-corrected chi connectivity index (χ1v) is 6.15. The number of hydrogen-bond acceptors (Lipinski definition) is 2. The highest BCUT2D eigenvalue weighted by Gasteiger charge is 2.04. The molecule has 0 amide bonds. The lowest BCUT2D eigenvalue weighted by molar-refractivity contribution is 0.451. The van der Waals surface area contributed by atoms with Crippen LogP contribution in [0.1, 0.15) is 25.3 Å². The fourth-order valence-corrected chi connectivity index (χ4v) is 1.89. The van der Waals surface area contributed by atoms with Crippen LogP contribution in [0.4, 0.5) is 4.39 Å². The van der Waals surface area contributed by atoms with Crippen LogP contribution in [0.2, 0.25) is 0 Å². The van der Waals surface area contributed by atoms with Crippen LogP contribution in [-0.2, 0) is 6.54 Å². The molecule has 1 aromatic heterocycles. The summed E-state index contributed by atoms with van der Waals surface area (Å²) < 4.78 is 12.8. The lowest BCUT2D eigenvalue weighted by atomic mass is 10.0. The molecule has 90 valence electrons. The molecule has 0 spiro atoms. The number of alkyl halides is 1. The van der Waals surface area contributed by atoms with Gasteiger partial charge in [0.05, 0.1) is 6.20 Å². The molecule has 0 aliphatic carbocycles. The minimum absolute atomic E-state index is 0.285. The van der Waals surface area contributed by atoms with Gasteiger partial charge in [0, 0.05) is 18.6 Å². The van der Waals surface area contributed by atoms with Crippen LogP contribution in [-0.4, -0.2) is 17.4 Å². The quantitative estimate of drug-likeness (QED) is 0.746. The van der Waals surface area contributed by atoms with Crippen molar-refractivity contribution in [3.05, 3.63) is 29.8 Å². The maximum absolute atomic E-state index is 12.8. The van der Waals surface area contributed by atoms with Gasteiger partial charge in [0.15, 0.2) is 0 Å². The van der Waals surface area contributed by atoms with Crippen LogP contribution < -0.4 is 5.32 Å². The first-order chi connectivity index (χ1) is 7.76. The van der Waals surface area contributed by atoms with Crippen molar-refractivity contribution >= 4 is 11.6 Å². The van der Waals surface area contributed by atoms with Gasteiger partial charge in [0.1, 0.15) is 5.82 Å². The summed E-state index contributed by atoms with van der Waals surface area (Å²) in [4.78, 5) is 3.80. The Hall–Kier alpha value is -0.670. The van der Waals surface area contributed by atoms with Crippen LogP contribution >= 0.6 is 11.6 Å². The van der Waals surface area contributed by atoms with E-state index < -0.39 is 0 Å². The molecule has 16 heavy (non-hydrogen) atoms. The summed E-state index contributed by atoms with van der Waals surface area (Å²) in [5.41, 5.74) is 0.876. The lowest BCUT2D eigenvalue weighted by Gasteiger charge is -2.14. The molecule has 1 rings (SSSR count). The molecule has 0 saturated heterocycles. The van der Waals surface area contributed by atoms with Crippen molar-refractivity contribution in [3.63, 3.8) is 0 Å². The number of halogens is 2. The Morgan fingerprint density at radius 1 is 1.50 bits per heavy atom. The molecule has 1 heterocycles. The summed E-state index contributed by atoms with van der Waals surface area (Å²) >= 11 is 5.70. The first-order valence-electron chi connectivity index (χ1n) is 5.62. The molecule has 0 aromatic carbocycles. The van der Waals surface area contributed by atoms with E-state index in [1.165, 1.54) is 12.3 Å². The van der Waals surface area contributed by atoms with Crippen LogP contribution in [0.15, 0.2) is 18.5 Å². The largest absolute Gasteiger partial charge is 0.312 e. The molecular weight excluding hydrogens is 227 g/mol. The monoisotopic (exact) mass is 244 g/mol. The van der Waals surface area contributed by atoms with Crippen molar-refractivity contribution in [2.75, 3.05) is 12.4 Å². The summed E-state index contributed by atoms with van der Waals surface area (Å²) in [7, 11) is 0. The molecule has 0 bridgehead atoms. The van der Waals surface area contributed by atoms with Crippen LogP contribution in [0, 0.1) is 11.7 Å². The average Bonchev–Trinajstić information content (AvgIpc) is 2.28. The smallest absolute Gasteiger partial charge is 0.141 e. The van der Waals surface area contributed by atoms with E-state index in [2.05, 4.69) is 17.2 Å². The van der Waals surface area contributed by atoms with Gasteiger partial charge < -0.3 is 5.32 Å². The molecule has 1 N–H and O–H groups in total. The average molecular weight is 245 g/mol. The molecule has 2 nitrogen and oxygen atoms in total. The van der Waals surface area contributed by atoms with E-state index in [1.807, 2.05) is 0 Å². The molecule has 0 radical (unpaired) electrons. The molecule has 0 aliphatic rings. The summed E-state index contributed by atoms with van der Waals surface area (Å²) in [5.74, 6) is 1.01. The zero-order valence-electron chi connectivity index (χ0n) is 9.55. The second-order valence-corrected chi connectivity index (χ2v) is 4.27. The Balaban J connectivity index is 2.29. The molecule has 0 fully saturated rings. The van der Waals surface area contributed by atoms with Crippen molar-refractivity contribution in [1.29, 1.82) is 0 Å². The van der Waals surface area contributed by atoms with E-state index in [1.54, 1.807) is 6.20 Å². The predicted octanol–water partition coefficient (Wildman–Crippen LogP) is 2.97. The van der Waals surface area contributed by atoms with E-state index in [0.29, 0.717) is 18.3 Å². The molecule has 0 aliphatic heterocycles. The summed E-state index contributed by atoms with van der Waals surface area (Å²) in [6.07, 6.45) is 5.03. The molecule has 0 saturated carbocycles. The van der Waals surface area contributed by atoms with Gasteiger partial charge in [-0.15, -0.1) is 11.6 Å². The van der Waals surface area contributed by atoms with Gasteiger partial charge in [-0.05, 0) is 30.5 Å². The topological polar surface area (TPSA) is 24.9 Å². The van der Waals surface area contributed by atoms with Crippen LogP contribution in [0.25, 0.3) is 0 Å². The Morgan fingerprint density at radius 2 is 2.31 bits per heavy atom. The van der Waals surface area contributed by atoms with E-state index in [-0.39, 0.29) is 5.82 Å². The number of hydrogen-bond donors (Lipinski definition) is 1. The standard InChI is InChI=1S/C12H18ClFN2/c1-2-10(3-4-13)6-15-7-11-5-12(14)9-16-8-11/h5,8-10,15H,2-4,6-7H2,1H3. The number of nitrogens with zero attached hydrogens (tertiary/aromatic N) is 1. The number of rotatable bonds is 7. The highest BCUT2D eigenvalue weighted by atomic mass is 35.5. The maximum atomic E-state index is 12.8. The third-order valence-corrected chi connectivity index (χ3v) is 2.84. The third-order valence-electron chi connectivity index (χ3n) is 2.62. The molecule has 1 aromatic rings. The zero-order chi connectivity index (χ0) is 11.8. The summed E-state index contributed by atoms with van der Waals surface area (Å²) in [6.45, 7) is 3.73. The number of pyridine rings is 1. The van der Waals surface area contributed by atoms with Crippen molar-refractivity contribution < 1.29 is 4.39 Å². The Morgan fingerprint density at radius 3 is 2.94 bits per heavy atom. The van der Waals surface area contributed by atoms with Crippen molar-refractivity contribution in [2.45, 2.75) is 26.3 Å². The van der Waals surface area contributed by atoms with Crippen molar-refractivity contribution in [3.8, 4) is 0 Å². The Bertz CT molecular complexity index is 307. The normalized spacial score (nSPS) is 12.7. The lowest BCUT2D eigenvalue weighted by Crippen LogP contribution is -2.22. The van der Waals surface area contributed by atoms with Crippen molar-refractivity contribution in [2.24, 2.45) is 5.92 Å². The second kappa shape index (κ2) is 7.58. The molecular formula is C12H18ClFN2. The number of aromatic nitrogens is 1. The predicted molar refractivity (Wildman–Crippen MR) is 65.0 cm³/mol. The van der Waals surface area contributed by atoms with Crippen LogP contribution in [0.3, 0.4) is 0 Å². The van der Waals surface area contributed by atoms with E-state index in [0.717, 1.165) is 24.9 Å². The first kappa shape index (κ1) is 13.4. The molecule has 4 heteroatoms. The Labute approximate surface area is 101 Å². The fourth-order valence-electron chi connectivity index (χ4n) is 1.58. The fraction of sp³-hybridized carbons (Fsp3) is 0.583. The third kappa shape index (κ3) is 4.90. The summed E-state index contributed by atoms with van der Waals surface area (Å²) in [6, 6.07) is 1.50. The molecule has 1 atom stereocenters. The van der Waals surface area contributed by atoms with Gasteiger partial charge in [-0.2, -0.15) is 0 Å². The summed E-state index contributed by atoms with van der Waals surface area (Å²) in [5, 5.41) is 3.30. The van der Waals surface area contributed by atoms with Crippen molar-refractivity contribution in [1.82, 2.24) is 10.3 Å². The highest BCUT2D eigenvalue weighted by Crippen LogP contribution is 2.08. The second-order valence-electron chi connectivity index (χ2n) is 3.89. The van der Waals surface area contributed by atoms with Gasteiger partial charge in [-0.1, -0.05) is 13.3 Å². The minimum atomic E-state index is -0.285. The highest BCUT2D eigenvalue weighted by molar-refractivity contribution is 6.17. The molecule has 1 unspecified atom stereocenters. The van der Waals surface area contributed by atoms with Gasteiger partial charge in [-0.25, -0.2) is 4.39 Å². The van der Waals surface area contributed by atoms with E-state index in [4.69, 9.17) is 11.6 Å². The van der Waals surface area contributed by atoms with Crippen LogP contribution in [0.5, 0.6) is 0 Å². The van der Waals surface area contributed by atoms with Gasteiger partial charge in [-0.3, -0.25) is 4.98 Å². The maximum Gasteiger partial charge on any atom is 0.141 e. The van der Waals surface area contributed by atoms with E-state index >= 15 is 0 Å². The number of nitrogens with one attached hydrogen (secondary N) is 1. The zero-order valence-corrected chi connectivity index (χ0v) is 10.3. The Kier molecular flexibility index (Phi) is 6.34. The van der Waals surface area contributed by atoms with Gasteiger partial charge in [0.2, 0.25) is 0 Å². The van der Waals surface area contributed by atoms with E-state index in [9.17, 15) is 4.39 Å². The van der Waals surface area contributed by atoms with Gasteiger partial charge in [0.25, 0.3) is 0 Å². The van der Waals surface area contributed by atoms with Gasteiger partial charge >= 0.3 is 0 Å². The minimum Gasteiger partial charge on any atom is -0.312 e.